The molecule has 2 N–H and O–H groups in total. The molecule has 1 amide bonds. The van der Waals surface area contributed by atoms with E-state index in [1.54, 1.807) is 19.1 Å². The monoisotopic (exact) mass is 355 g/mol. The van der Waals surface area contributed by atoms with Crippen LogP contribution in [-0.4, -0.2) is 15.9 Å². The first kappa shape index (κ1) is 17.5. The molecule has 2 aromatic heterocycles. The zero-order valence-electron chi connectivity index (χ0n) is 13.8. The molecule has 0 aliphatic heterocycles. The average Bonchev–Trinajstić information content (AvgIpc) is 2.63. The molecule has 0 bridgehead atoms. The Morgan fingerprint density at radius 2 is 1.96 bits per heavy atom. The van der Waals surface area contributed by atoms with Crippen LogP contribution in [0.2, 0.25) is 0 Å². The Morgan fingerprint density at radius 3 is 2.62 bits per heavy atom. The van der Waals surface area contributed by atoms with Crippen LogP contribution in [0.25, 0.3) is 0 Å². The molecule has 0 unspecified atom stereocenters. The Balaban J connectivity index is 2.01. The summed E-state index contributed by atoms with van der Waals surface area (Å²) in [6, 6.07) is 8.58. The third kappa shape index (κ3) is 3.66. The van der Waals surface area contributed by atoms with Crippen LogP contribution in [0, 0.1) is 18.6 Å². The number of hydrogen-bond donors (Lipinski definition) is 2. The van der Waals surface area contributed by atoms with Gasteiger partial charge in [0.25, 0.3) is 5.91 Å². The van der Waals surface area contributed by atoms with Crippen molar-refractivity contribution in [1.29, 1.82) is 0 Å². The topological polar surface area (TPSA) is 74.8 Å². The number of H-pyrrole nitrogens is 1. The Hall–Kier alpha value is -3.35. The highest BCUT2D eigenvalue weighted by molar-refractivity contribution is 5.94. The molecule has 3 aromatic rings. The van der Waals surface area contributed by atoms with Crippen LogP contribution in [0.1, 0.15) is 33.2 Å². The van der Waals surface area contributed by atoms with Gasteiger partial charge in [-0.15, -0.1) is 0 Å². The number of aromatic amines is 1. The summed E-state index contributed by atoms with van der Waals surface area (Å²) in [6.45, 7) is 1.61. The number of aryl methyl sites for hydroxylation is 1. The third-order valence-electron chi connectivity index (χ3n) is 3.91. The summed E-state index contributed by atoms with van der Waals surface area (Å²) in [7, 11) is 0. The lowest BCUT2D eigenvalue weighted by Gasteiger charge is -2.20. The van der Waals surface area contributed by atoms with Gasteiger partial charge in [-0.3, -0.25) is 14.6 Å². The SMILES string of the molecule is Cc1ccc([C@H](NC(=O)c2ccc(=O)[nH]c2)c2ncccc2F)cc1F. The second kappa shape index (κ2) is 7.26. The first-order valence-electron chi connectivity index (χ1n) is 7.82. The number of carbonyl (C=O) groups excluding carboxylic acids is 1. The van der Waals surface area contributed by atoms with E-state index in [9.17, 15) is 18.4 Å². The molecule has 0 aliphatic rings. The van der Waals surface area contributed by atoms with E-state index in [0.29, 0.717) is 11.1 Å². The zero-order chi connectivity index (χ0) is 18.7. The van der Waals surface area contributed by atoms with Crippen molar-refractivity contribution in [1.82, 2.24) is 15.3 Å². The van der Waals surface area contributed by atoms with Gasteiger partial charge in [0.05, 0.1) is 11.6 Å². The molecule has 7 heteroatoms. The fourth-order valence-electron chi connectivity index (χ4n) is 2.47. The lowest BCUT2D eigenvalue weighted by atomic mass is 10.0. The second-order valence-corrected chi connectivity index (χ2v) is 5.73. The van der Waals surface area contributed by atoms with E-state index in [1.807, 2.05) is 0 Å². The number of aromatic nitrogens is 2. The number of benzene rings is 1. The maximum Gasteiger partial charge on any atom is 0.253 e. The largest absolute Gasteiger partial charge is 0.339 e. The smallest absolute Gasteiger partial charge is 0.253 e. The van der Waals surface area contributed by atoms with Crippen LogP contribution in [-0.2, 0) is 0 Å². The van der Waals surface area contributed by atoms with Crippen molar-refractivity contribution in [2.45, 2.75) is 13.0 Å². The molecule has 1 aromatic carbocycles. The van der Waals surface area contributed by atoms with Gasteiger partial charge in [0.2, 0.25) is 5.56 Å². The molecule has 0 saturated carbocycles. The highest BCUT2D eigenvalue weighted by Crippen LogP contribution is 2.24. The van der Waals surface area contributed by atoms with Gasteiger partial charge < -0.3 is 10.3 Å². The number of carbonyl (C=O) groups is 1. The number of hydrogen-bond acceptors (Lipinski definition) is 3. The van der Waals surface area contributed by atoms with Crippen LogP contribution in [0.15, 0.2) is 59.7 Å². The third-order valence-corrected chi connectivity index (χ3v) is 3.91. The van der Waals surface area contributed by atoms with Crippen LogP contribution in [0.5, 0.6) is 0 Å². The van der Waals surface area contributed by atoms with E-state index in [0.717, 1.165) is 0 Å². The fourth-order valence-corrected chi connectivity index (χ4v) is 2.47. The van der Waals surface area contributed by atoms with Crippen molar-refractivity contribution in [3.8, 4) is 0 Å². The fraction of sp³-hybridized carbons (Fsp3) is 0.105. The van der Waals surface area contributed by atoms with Crippen molar-refractivity contribution in [3.63, 3.8) is 0 Å². The predicted octanol–water partition coefficient (Wildman–Crippen LogP) is 2.88. The van der Waals surface area contributed by atoms with Crippen LogP contribution < -0.4 is 10.9 Å². The molecule has 0 spiro atoms. The van der Waals surface area contributed by atoms with Gasteiger partial charge in [0, 0.05) is 18.5 Å². The molecule has 2 heterocycles. The highest BCUT2D eigenvalue weighted by atomic mass is 19.1. The standard InChI is InChI=1S/C19H15F2N3O2/c1-11-4-5-12(9-15(11)21)17(18-14(20)3-2-8-22-18)24-19(26)13-6-7-16(25)23-10-13/h2-10,17H,1H3,(H,23,25)(H,24,26)/t17-/m0/s1. The lowest BCUT2D eigenvalue weighted by molar-refractivity contribution is 0.0941. The Morgan fingerprint density at radius 1 is 1.15 bits per heavy atom. The maximum atomic E-state index is 14.3. The van der Waals surface area contributed by atoms with E-state index >= 15 is 0 Å². The van der Waals surface area contributed by atoms with Crippen molar-refractivity contribution < 1.29 is 13.6 Å². The number of rotatable bonds is 4. The molecule has 3 rings (SSSR count). The summed E-state index contributed by atoms with van der Waals surface area (Å²) in [5.41, 5.74) is 0.575. The molecule has 0 aliphatic carbocycles. The van der Waals surface area contributed by atoms with Crippen LogP contribution >= 0.6 is 0 Å². The van der Waals surface area contributed by atoms with Crippen molar-refractivity contribution in [3.05, 3.63) is 99.2 Å². The molecule has 0 saturated heterocycles. The number of halogens is 2. The Bertz CT molecular complexity index is 997. The quantitative estimate of drug-likeness (QED) is 0.756. The minimum atomic E-state index is -0.995. The number of pyridine rings is 2. The minimum absolute atomic E-state index is 0.0338. The van der Waals surface area contributed by atoms with Gasteiger partial charge in [-0.2, -0.15) is 0 Å². The van der Waals surface area contributed by atoms with E-state index < -0.39 is 23.6 Å². The van der Waals surface area contributed by atoms with Gasteiger partial charge in [-0.1, -0.05) is 12.1 Å². The summed E-state index contributed by atoms with van der Waals surface area (Å²) in [4.78, 5) is 30.0. The van der Waals surface area contributed by atoms with Crippen molar-refractivity contribution in [2.24, 2.45) is 0 Å². The molecule has 132 valence electrons. The van der Waals surface area contributed by atoms with Crippen LogP contribution in [0.4, 0.5) is 8.78 Å². The van der Waals surface area contributed by atoms with Gasteiger partial charge in [0.15, 0.2) is 0 Å². The summed E-state index contributed by atoms with van der Waals surface area (Å²) in [6.07, 6.45) is 2.64. The Labute approximate surface area is 147 Å². The number of nitrogens with one attached hydrogen (secondary N) is 2. The highest BCUT2D eigenvalue weighted by Gasteiger charge is 2.23. The number of amides is 1. The Kier molecular flexibility index (Phi) is 4.88. The van der Waals surface area contributed by atoms with Crippen molar-refractivity contribution in [2.75, 3.05) is 0 Å². The summed E-state index contributed by atoms with van der Waals surface area (Å²) in [5.74, 6) is -1.65. The molecule has 0 radical (unpaired) electrons. The average molecular weight is 355 g/mol. The molecular weight excluding hydrogens is 340 g/mol. The van der Waals surface area contributed by atoms with Crippen LogP contribution in [0.3, 0.4) is 0 Å². The predicted molar refractivity (Wildman–Crippen MR) is 91.7 cm³/mol. The van der Waals surface area contributed by atoms with Crippen molar-refractivity contribution >= 4 is 5.91 Å². The maximum absolute atomic E-state index is 14.3. The second-order valence-electron chi connectivity index (χ2n) is 5.73. The lowest BCUT2D eigenvalue weighted by Crippen LogP contribution is -2.31. The normalized spacial score (nSPS) is 11.8. The van der Waals surface area contributed by atoms with Gasteiger partial charge >= 0.3 is 0 Å². The zero-order valence-corrected chi connectivity index (χ0v) is 13.8. The summed E-state index contributed by atoms with van der Waals surface area (Å²) in [5, 5.41) is 2.64. The summed E-state index contributed by atoms with van der Waals surface area (Å²) < 4.78 is 28.2. The van der Waals surface area contributed by atoms with Gasteiger partial charge in [0.1, 0.15) is 17.3 Å². The van der Waals surface area contributed by atoms with Gasteiger partial charge in [-0.05, 0) is 42.3 Å². The van der Waals surface area contributed by atoms with E-state index in [1.165, 1.54) is 42.7 Å². The molecule has 0 fully saturated rings. The summed E-state index contributed by atoms with van der Waals surface area (Å²) >= 11 is 0. The minimum Gasteiger partial charge on any atom is -0.339 e. The van der Waals surface area contributed by atoms with Gasteiger partial charge in [-0.25, -0.2) is 8.78 Å². The molecule has 26 heavy (non-hydrogen) atoms. The molecule has 1 atom stereocenters. The van der Waals surface area contributed by atoms with E-state index in [4.69, 9.17) is 0 Å². The molecule has 5 nitrogen and oxygen atoms in total. The molecular formula is C19H15F2N3O2. The first-order chi connectivity index (χ1) is 12.5. The van der Waals surface area contributed by atoms with E-state index in [2.05, 4.69) is 15.3 Å². The van der Waals surface area contributed by atoms with E-state index in [-0.39, 0.29) is 16.8 Å². The number of nitrogens with zero attached hydrogens (tertiary/aromatic N) is 1. The first-order valence-corrected chi connectivity index (χ1v) is 7.82.